The standard InChI is InChI=1S/C23H24N2O3/c26-23(27)15-25-21-4-2-1-3-19(21)20-6-5-18(13-22(20)25)28-12-9-17-14-24-10-7-16(17)8-11-24/h1-6,9,13,16H,7-8,10-12,14-15H2,(H,26,27). The number of hydrogen-bond acceptors (Lipinski definition) is 3. The number of carboxylic acid groups (broad SMARTS) is 1. The van der Waals surface area contributed by atoms with E-state index in [4.69, 9.17) is 4.74 Å². The summed E-state index contributed by atoms with van der Waals surface area (Å²) in [6, 6.07) is 13.9. The smallest absolute Gasteiger partial charge is 0.323 e. The number of fused-ring (bicyclic) bond motifs is 6. The molecule has 0 atom stereocenters. The first kappa shape index (κ1) is 17.3. The summed E-state index contributed by atoms with van der Waals surface area (Å²) in [7, 11) is 0. The number of hydrogen-bond donors (Lipinski definition) is 1. The topological polar surface area (TPSA) is 54.7 Å². The molecule has 0 amide bonds. The van der Waals surface area contributed by atoms with Gasteiger partial charge in [-0.2, -0.15) is 0 Å². The Balaban J connectivity index is 1.43. The van der Waals surface area contributed by atoms with Crippen LogP contribution in [0.15, 0.2) is 54.1 Å². The Morgan fingerprint density at radius 2 is 1.89 bits per heavy atom. The highest BCUT2D eigenvalue weighted by atomic mass is 16.5. The molecular weight excluding hydrogens is 352 g/mol. The molecule has 2 bridgehead atoms. The first-order chi connectivity index (χ1) is 13.7. The van der Waals surface area contributed by atoms with E-state index in [2.05, 4.69) is 11.0 Å². The van der Waals surface area contributed by atoms with Gasteiger partial charge in [0.15, 0.2) is 0 Å². The minimum Gasteiger partial charge on any atom is -0.489 e. The van der Waals surface area contributed by atoms with Crippen LogP contribution in [0, 0.1) is 5.92 Å². The Morgan fingerprint density at radius 1 is 1.11 bits per heavy atom. The summed E-state index contributed by atoms with van der Waals surface area (Å²) in [5.41, 5.74) is 3.35. The first-order valence-electron chi connectivity index (χ1n) is 9.96. The summed E-state index contributed by atoms with van der Waals surface area (Å²) in [4.78, 5) is 13.9. The number of carboxylic acids is 1. The number of aliphatic carboxylic acids is 1. The van der Waals surface area contributed by atoms with Crippen LogP contribution in [0.25, 0.3) is 21.8 Å². The van der Waals surface area contributed by atoms with Gasteiger partial charge in [-0.1, -0.05) is 23.8 Å². The maximum atomic E-state index is 11.4. The molecule has 0 aliphatic carbocycles. The Bertz CT molecular complexity index is 1070. The minimum atomic E-state index is -0.846. The van der Waals surface area contributed by atoms with Crippen LogP contribution in [-0.4, -0.2) is 46.8 Å². The molecule has 0 unspecified atom stereocenters. The Labute approximate surface area is 163 Å². The second-order valence-electron chi connectivity index (χ2n) is 7.82. The molecule has 3 saturated heterocycles. The van der Waals surface area contributed by atoms with Gasteiger partial charge in [0.05, 0.1) is 5.52 Å². The molecule has 1 N–H and O–H groups in total. The van der Waals surface area contributed by atoms with Crippen molar-refractivity contribution >= 4 is 27.8 Å². The molecule has 4 heterocycles. The third kappa shape index (κ3) is 3.06. The van der Waals surface area contributed by atoms with Crippen LogP contribution in [0.1, 0.15) is 12.8 Å². The fraction of sp³-hybridized carbons (Fsp3) is 0.348. The fourth-order valence-electron chi connectivity index (χ4n) is 4.75. The van der Waals surface area contributed by atoms with E-state index >= 15 is 0 Å². The number of benzene rings is 2. The second-order valence-corrected chi connectivity index (χ2v) is 7.82. The van der Waals surface area contributed by atoms with Crippen LogP contribution in [0.4, 0.5) is 0 Å². The zero-order valence-corrected chi connectivity index (χ0v) is 15.8. The van der Waals surface area contributed by atoms with E-state index < -0.39 is 5.97 Å². The lowest BCUT2D eigenvalue weighted by atomic mass is 9.84. The van der Waals surface area contributed by atoms with Crippen LogP contribution >= 0.6 is 0 Å². The molecule has 6 rings (SSSR count). The molecule has 1 aromatic heterocycles. The van der Waals surface area contributed by atoms with E-state index in [-0.39, 0.29) is 6.54 Å². The summed E-state index contributed by atoms with van der Waals surface area (Å²) < 4.78 is 7.88. The van der Waals surface area contributed by atoms with Gasteiger partial charge < -0.3 is 14.4 Å². The summed E-state index contributed by atoms with van der Waals surface area (Å²) >= 11 is 0. The summed E-state index contributed by atoms with van der Waals surface area (Å²) in [6.07, 6.45) is 4.78. The maximum absolute atomic E-state index is 11.4. The number of nitrogens with zero attached hydrogens (tertiary/aromatic N) is 2. The van der Waals surface area contributed by atoms with Crippen molar-refractivity contribution in [2.24, 2.45) is 5.92 Å². The van der Waals surface area contributed by atoms with Crippen molar-refractivity contribution in [2.45, 2.75) is 19.4 Å². The molecule has 0 radical (unpaired) electrons. The summed E-state index contributed by atoms with van der Waals surface area (Å²) in [6.45, 7) is 4.04. The second kappa shape index (κ2) is 6.99. The molecule has 144 valence electrons. The molecule has 0 saturated carbocycles. The third-order valence-corrected chi connectivity index (χ3v) is 6.15. The summed E-state index contributed by atoms with van der Waals surface area (Å²) in [5, 5.41) is 11.5. The molecule has 2 aromatic carbocycles. The van der Waals surface area contributed by atoms with Gasteiger partial charge in [0, 0.05) is 28.9 Å². The van der Waals surface area contributed by atoms with Gasteiger partial charge in [-0.05, 0) is 56.1 Å². The van der Waals surface area contributed by atoms with Crippen LogP contribution in [0.5, 0.6) is 5.75 Å². The number of para-hydroxylation sites is 1. The van der Waals surface area contributed by atoms with E-state index in [1.54, 1.807) is 0 Å². The number of piperidine rings is 3. The Morgan fingerprint density at radius 3 is 2.64 bits per heavy atom. The number of ether oxygens (including phenoxy) is 1. The predicted octanol–water partition coefficient (Wildman–Crippen LogP) is 3.91. The molecule has 0 spiro atoms. The number of carbonyl (C=O) groups is 1. The van der Waals surface area contributed by atoms with Gasteiger partial charge in [0.2, 0.25) is 0 Å². The molecule has 3 aromatic rings. The number of aromatic nitrogens is 1. The monoisotopic (exact) mass is 376 g/mol. The molecule has 3 fully saturated rings. The van der Waals surface area contributed by atoms with Crippen LogP contribution in [0.3, 0.4) is 0 Å². The highest BCUT2D eigenvalue weighted by Gasteiger charge is 2.29. The highest BCUT2D eigenvalue weighted by Crippen LogP contribution is 2.33. The lowest BCUT2D eigenvalue weighted by Crippen LogP contribution is -2.43. The zero-order valence-electron chi connectivity index (χ0n) is 15.8. The van der Waals surface area contributed by atoms with Crippen molar-refractivity contribution < 1.29 is 14.6 Å². The van der Waals surface area contributed by atoms with Crippen molar-refractivity contribution in [1.29, 1.82) is 0 Å². The Hall–Kier alpha value is -2.79. The van der Waals surface area contributed by atoms with E-state index in [1.165, 1.54) is 31.5 Å². The van der Waals surface area contributed by atoms with Crippen LogP contribution in [0.2, 0.25) is 0 Å². The van der Waals surface area contributed by atoms with Crippen molar-refractivity contribution in [2.75, 3.05) is 26.2 Å². The maximum Gasteiger partial charge on any atom is 0.323 e. The van der Waals surface area contributed by atoms with Gasteiger partial charge in [-0.15, -0.1) is 0 Å². The molecule has 5 heteroatoms. The van der Waals surface area contributed by atoms with Crippen molar-refractivity contribution in [3.05, 3.63) is 54.1 Å². The van der Waals surface area contributed by atoms with Crippen molar-refractivity contribution in [3.8, 4) is 5.75 Å². The van der Waals surface area contributed by atoms with E-state index in [1.807, 2.05) is 47.0 Å². The zero-order chi connectivity index (χ0) is 19.1. The van der Waals surface area contributed by atoms with Gasteiger partial charge in [-0.25, -0.2) is 0 Å². The Kier molecular flexibility index (Phi) is 4.32. The molecule has 28 heavy (non-hydrogen) atoms. The van der Waals surface area contributed by atoms with Crippen molar-refractivity contribution in [1.82, 2.24) is 9.47 Å². The minimum absolute atomic E-state index is 0.0605. The van der Waals surface area contributed by atoms with E-state index in [0.29, 0.717) is 6.61 Å². The normalized spacial score (nSPS) is 22.9. The highest BCUT2D eigenvalue weighted by molar-refractivity contribution is 6.08. The molecule has 3 aliphatic rings. The largest absolute Gasteiger partial charge is 0.489 e. The average molecular weight is 376 g/mol. The lowest BCUT2D eigenvalue weighted by Gasteiger charge is -2.41. The molecular formula is C23H24N2O3. The fourth-order valence-corrected chi connectivity index (χ4v) is 4.75. The van der Waals surface area contributed by atoms with Gasteiger partial charge in [-0.3, -0.25) is 9.69 Å². The average Bonchev–Trinajstić information content (AvgIpc) is 3.02. The van der Waals surface area contributed by atoms with Gasteiger partial charge in [0.1, 0.15) is 18.9 Å². The van der Waals surface area contributed by atoms with E-state index in [0.717, 1.165) is 40.0 Å². The van der Waals surface area contributed by atoms with Gasteiger partial charge >= 0.3 is 5.97 Å². The SMILES string of the molecule is O=C(O)Cn1c2ccccc2c2ccc(OCC=C3CN4CCC3CC4)cc21. The van der Waals surface area contributed by atoms with Crippen molar-refractivity contribution in [3.63, 3.8) is 0 Å². The van der Waals surface area contributed by atoms with E-state index in [9.17, 15) is 9.90 Å². The van der Waals surface area contributed by atoms with Crippen LogP contribution < -0.4 is 4.74 Å². The third-order valence-electron chi connectivity index (χ3n) is 6.15. The first-order valence-corrected chi connectivity index (χ1v) is 9.96. The summed E-state index contributed by atoms with van der Waals surface area (Å²) in [5.74, 6) is 0.662. The molecule has 5 nitrogen and oxygen atoms in total. The van der Waals surface area contributed by atoms with Crippen LogP contribution in [-0.2, 0) is 11.3 Å². The predicted molar refractivity (Wildman–Crippen MR) is 110 cm³/mol. The number of rotatable bonds is 5. The van der Waals surface area contributed by atoms with Gasteiger partial charge in [0.25, 0.3) is 0 Å². The quantitative estimate of drug-likeness (QED) is 0.686. The molecule has 3 aliphatic heterocycles. The lowest BCUT2D eigenvalue weighted by molar-refractivity contribution is -0.137.